The highest BCUT2D eigenvalue weighted by molar-refractivity contribution is 5.82. The van der Waals surface area contributed by atoms with Gasteiger partial charge >= 0.3 is 11.9 Å². The van der Waals surface area contributed by atoms with Gasteiger partial charge < -0.3 is 14.2 Å². The van der Waals surface area contributed by atoms with Crippen molar-refractivity contribution >= 4 is 17.6 Å². The molecule has 142 valence electrons. The van der Waals surface area contributed by atoms with E-state index >= 15 is 0 Å². The molecule has 1 atom stereocenters. The first kappa shape index (κ1) is 20.5. The molecule has 1 unspecified atom stereocenters. The highest BCUT2D eigenvalue weighted by atomic mass is 16.6. The molecule has 2 aromatic rings. The maximum Gasteiger partial charge on any atom is 0.330 e. The molecule has 0 N–H and O–H groups in total. The van der Waals surface area contributed by atoms with Crippen LogP contribution in [0.1, 0.15) is 0 Å². The first-order valence-electron chi connectivity index (χ1n) is 8.38. The molecule has 0 aliphatic heterocycles. The molecule has 0 spiro atoms. The molecule has 0 aliphatic carbocycles. The Bertz CT molecular complexity index is 879. The van der Waals surface area contributed by atoms with Gasteiger partial charge in [-0.1, -0.05) is 49.6 Å². The molecule has 6 heteroatoms. The molecule has 0 aromatic heterocycles. The van der Waals surface area contributed by atoms with E-state index in [9.17, 15) is 9.59 Å². The van der Waals surface area contributed by atoms with E-state index in [1.165, 1.54) is 0 Å². The van der Waals surface area contributed by atoms with Crippen molar-refractivity contribution in [3.05, 3.63) is 85.3 Å². The van der Waals surface area contributed by atoms with Crippen LogP contribution >= 0.6 is 0 Å². The summed E-state index contributed by atoms with van der Waals surface area (Å²) in [5.41, 5.74) is 2.53. The van der Waals surface area contributed by atoms with Crippen molar-refractivity contribution in [2.24, 2.45) is 0 Å². The van der Waals surface area contributed by atoms with Gasteiger partial charge in [-0.05, 0) is 23.3 Å². The summed E-state index contributed by atoms with van der Waals surface area (Å²) in [5, 5.41) is 0. The van der Waals surface area contributed by atoms with Gasteiger partial charge in [-0.25, -0.2) is 14.4 Å². The summed E-state index contributed by atoms with van der Waals surface area (Å²) >= 11 is 0. The molecule has 2 rings (SSSR count). The molecule has 2 aromatic carbocycles. The van der Waals surface area contributed by atoms with Gasteiger partial charge in [0, 0.05) is 12.2 Å². The third-order valence-corrected chi connectivity index (χ3v) is 3.65. The number of carbonyl (C=O) groups is 2. The Hall–Kier alpha value is -3.85. The highest BCUT2D eigenvalue weighted by Gasteiger charge is 2.16. The number of nitrogens with zero attached hydrogens (tertiary/aromatic N) is 1. The Kier molecular flexibility index (Phi) is 7.55. The Morgan fingerprint density at radius 3 is 2.04 bits per heavy atom. The van der Waals surface area contributed by atoms with Crippen LogP contribution in [-0.4, -0.2) is 31.3 Å². The molecule has 0 saturated heterocycles. The Morgan fingerprint density at radius 2 is 1.50 bits per heavy atom. The monoisotopic (exact) mass is 377 g/mol. The fourth-order valence-corrected chi connectivity index (χ4v) is 2.22. The summed E-state index contributed by atoms with van der Waals surface area (Å²) in [6.07, 6.45) is 1.27. The van der Waals surface area contributed by atoms with Crippen molar-refractivity contribution in [1.82, 2.24) is 0 Å². The summed E-state index contributed by atoms with van der Waals surface area (Å²) in [6, 6.07) is 14.6. The zero-order valence-corrected chi connectivity index (χ0v) is 15.2. The Morgan fingerprint density at radius 1 is 0.929 bits per heavy atom. The average Bonchev–Trinajstić information content (AvgIpc) is 2.75. The van der Waals surface area contributed by atoms with Gasteiger partial charge in [-0.3, -0.25) is 0 Å². The van der Waals surface area contributed by atoms with Gasteiger partial charge in [-0.15, -0.1) is 0 Å². The zero-order valence-electron chi connectivity index (χ0n) is 15.2. The van der Waals surface area contributed by atoms with Gasteiger partial charge in [0.25, 0.3) is 0 Å². The predicted octanol–water partition coefficient (Wildman–Crippen LogP) is 4.11. The number of ether oxygens (including phenoxy) is 3. The van der Waals surface area contributed by atoms with E-state index in [4.69, 9.17) is 20.8 Å². The van der Waals surface area contributed by atoms with Gasteiger partial charge in [0.2, 0.25) is 0 Å². The fourth-order valence-electron chi connectivity index (χ4n) is 2.22. The van der Waals surface area contributed by atoms with E-state index in [-0.39, 0.29) is 13.2 Å². The van der Waals surface area contributed by atoms with E-state index < -0.39 is 18.0 Å². The quantitative estimate of drug-likeness (QED) is 0.374. The largest absolute Gasteiger partial charge is 0.490 e. The second kappa shape index (κ2) is 10.3. The van der Waals surface area contributed by atoms with Gasteiger partial charge in [0.15, 0.2) is 11.8 Å². The zero-order chi connectivity index (χ0) is 20.4. The lowest BCUT2D eigenvalue weighted by Crippen LogP contribution is -2.30. The topological polar surface area (TPSA) is 66.2 Å². The minimum Gasteiger partial charge on any atom is -0.490 e. The van der Waals surface area contributed by atoms with Crippen LogP contribution in [0.3, 0.4) is 0 Å². The normalized spacial score (nSPS) is 10.8. The van der Waals surface area contributed by atoms with Gasteiger partial charge in [0.1, 0.15) is 19.0 Å². The number of hydrogen-bond donors (Lipinski definition) is 0. The van der Waals surface area contributed by atoms with E-state index in [1.54, 1.807) is 24.3 Å². The van der Waals surface area contributed by atoms with Crippen LogP contribution in [0.15, 0.2) is 73.8 Å². The first-order valence-corrected chi connectivity index (χ1v) is 8.38. The highest BCUT2D eigenvalue weighted by Crippen LogP contribution is 2.24. The third-order valence-electron chi connectivity index (χ3n) is 3.65. The molecule has 0 saturated carbocycles. The second-order valence-electron chi connectivity index (χ2n) is 5.59. The summed E-state index contributed by atoms with van der Waals surface area (Å²) in [7, 11) is 0. The molecule has 0 fully saturated rings. The maximum atomic E-state index is 11.4. The summed E-state index contributed by atoms with van der Waals surface area (Å²) in [6.45, 7) is 13.5. The van der Waals surface area contributed by atoms with Crippen molar-refractivity contribution in [1.29, 1.82) is 0 Å². The standard InChI is InChI=1S/C22H19NO5/c1-4-21(24)27-15-20(28-22(25)5-2)14-26-19-12-8-17(9-13-19)16-6-10-18(23-3)11-7-16/h4-13,20H,1-2,14-15H2. The fraction of sp³-hybridized carbons (Fsp3) is 0.136. The minimum atomic E-state index is -0.782. The number of benzene rings is 2. The van der Waals surface area contributed by atoms with Crippen LogP contribution in [0.5, 0.6) is 5.75 Å². The first-order chi connectivity index (χ1) is 13.5. The third kappa shape index (κ3) is 6.15. The molecule has 0 aliphatic rings. The minimum absolute atomic E-state index is 0.00303. The van der Waals surface area contributed by atoms with Crippen LogP contribution in [0.4, 0.5) is 5.69 Å². The summed E-state index contributed by atoms with van der Waals surface area (Å²) < 4.78 is 15.7. The lowest BCUT2D eigenvalue weighted by atomic mass is 10.1. The van der Waals surface area contributed by atoms with Crippen LogP contribution in [0.25, 0.3) is 16.0 Å². The summed E-state index contributed by atoms with van der Waals surface area (Å²) in [5.74, 6) is -0.689. The van der Waals surface area contributed by atoms with Gasteiger partial charge in [-0.2, -0.15) is 0 Å². The molecule has 0 heterocycles. The molecular weight excluding hydrogens is 358 g/mol. The molecular formula is C22H19NO5. The number of rotatable bonds is 9. The van der Waals surface area contributed by atoms with Crippen LogP contribution < -0.4 is 4.74 Å². The van der Waals surface area contributed by atoms with Crippen molar-refractivity contribution in [3.8, 4) is 16.9 Å². The Labute approximate surface area is 163 Å². The van der Waals surface area contributed by atoms with E-state index in [2.05, 4.69) is 18.0 Å². The molecule has 0 radical (unpaired) electrons. The average molecular weight is 377 g/mol. The van der Waals surface area contributed by atoms with Crippen molar-refractivity contribution in [3.63, 3.8) is 0 Å². The van der Waals surface area contributed by atoms with Crippen molar-refractivity contribution in [2.75, 3.05) is 13.2 Å². The molecule has 0 bridgehead atoms. The smallest absolute Gasteiger partial charge is 0.330 e. The van der Waals surface area contributed by atoms with E-state index in [0.29, 0.717) is 11.4 Å². The Balaban J connectivity index is 1.98. The van der Waals surface area contributed by atoms with Crippen LogP contribution in [-0.2, 0) is 19.1 Å². The summed E-state index contributed by atoms with van der Waals surface area (Å²) in [4.78, 5) is 26.0. The number of carbonyl (C=O) groups excluding carboxylic acids is 2. The number of esters is 2. The maximum absolute atomic E-state index is 11.4. The van der Waals surface area contributed by atoms with Crippen molar-refractivity contribution < 1.29 is 23.8 Å². The van der Waals surface area contributed by atoms with Crippen LogP contribution in [0.2, 0.25) is 0 Å². The molecule has 6 nitrogen and oxygen atoms in total. The van der Waals surface area contributed by atoms with E-state index in [0.717, 1.165) is 23.3 Å². The molecule has 0 amide bonds. The van der Waals surface area contributed by atoms with E-state index in [1.807, 2.05) is 24.3 Å². The predicted molar refractivity (Wildman–Crippen MR) is 105 cm³/mol. The second-order valence-corrected chi connectivity index (χ2v) is 5.59. The lowest BCUT2D eigenvalue weighted by Gasteiger charge is -2.17. The van der Waals surface area contributed by atoms with Crippen LogP contribution in [0, 0.1) is 6.57 Å². The van der Waals surface area contributed by atoms with Gasteiger partial charge in [0.05, 0.1) is 6.57 Å². The SMILES string of the molecule is [C-]#[N+]c1ccc(-c2ccc(OCC(COC(=O)C=C)OC(=O)C=C)cc2)cc1. The lowest BCUT2D eigenvalue weighted by molar-refractivity contribution is -0.154. The van der Waals surface area contributed by atoms with Crippen molar-refractivity contribution in [2.45, 2.75) is 6.10 Å². The number of hydrogen-bond acceptors (Lipinski definition) is 5. The molecule has 28 heavy (non-hydrogen) atoms.